The summed E-state index contributed by atoms with van der Waals surface area (Å²) < 4.78 is 10.5. The van der Waals surface area contributed by atoms with E-state index < -0.39 is 0 Å². The van der Waals surface area contributed by atoms with Crippen LogP contribution in [-0.2, 0) is 16.1 Å². The molecule has 0 spiro atoms. The van der Waals surface area contributed by atoms with Gasteiger partial charge >= 0.3 is 0 Å². The van der Waals surface area contributed by atoms with E-state index in [1.807, 2.05) is 30.3 Å². The van der Waals surface area contributed by atoms with Gasteiger partial charge in [-0.05, 0) is 17.8 Å². The van der Waals surface area contributed by atoms with Crippen molar-refractivity contribution in [3.63, 3.8) is 0 Å². The van der Waals surface area contributed by atoms with E-state index in [4.69, 9.17) is 27.5 Å². The molecule has 0 bridgehead atoms. The summed E-state index contributed by atoms with van der Waals surface area (Å²) in [6.45, 7) is 1.78. The number of hydrogen-bond donors (Lipinski definition) is 2. The summed E-state index contributed by atoms with van der Waals surface area (Å²) in [5.74, 6) is 5.04. The Labute approximate surface area is 101 Å². The first-order chi connectivity index (χ1) is 7.83. The summed E-state index contributed by atoms with van der Waals surface area (Å²) >= 11 is 4.71. The average molecular weight is 240 g/mol. The molecule has 1 aromatic rings. The van der Waals surface area contributed by atoms with Gasteiger partial charge in [0.25, 0.3) is 5.17 Å². The quantitative estimate of drug-likeness (QED) is 0.340. The van der Waals surface area contributed by atoms with Gasteiger partial charge in [-0.3, -0.25) is 5.43 Å². The highest BCUT2D eigenvalue weighted by molar-refractivity contribution is 7.80. The van der Waals surface area contributed by atoms with Crippen LogP contribution in [0.4, 0.5) is 0 Å². The molecule has 0 aliphatic carbocycles. The predicted octanol–water partition coefficient (Wildman–Crippen LogP) is 1.36. The molecule has 0 aliphatic rings. The van der Waals surface area contributed by atoms with Gasteiger partial charge in [0.1, 0.15) is 0 Å². The Kier molecular flexibility index (Phi) is 6.48. The summed E-state index contributed by atoms with van der Waals surface area (Å²) in [5, 5.41) is 0.211. The van der Waals surface area contributed by atoms with Crippen molar-refractivity contribution in [2.75, 3.05) is 13.2 Å². The Balaban J connectivity index is 1.98. The predicted molar refractivity (Wildman–Crippen MR) is 66.6 cm³/mol. The second kappa shape index (κ2) is 8.04. The van der Waals surface area contributed by atoms with E-state index in [9.17, 15) is 0 Å². The summed E-state index contributed by atoms with van der Waals surface area (Å²) in [5.41, 5.74) is 3.42. The van der Waals surface area contributed by atoms with E-state index >= 15 is 0 Å². The van der Waals surface area contributed by atoms with Crippen LogP contribution >= 0.6 is 12.2 Å². The lowest BCUT2D eigenvalue weighted by Gasteiger charge is -2.06. The monoisotopic (exact) mass is 240 g/mol. The Bertz CT molecular complexity index is 306. The van der Waals surface area contributed by atoms with Crippen LogP contribution in [0.3, 0.4) is 0 Å². The molecule has 0 unspecified atom stereocenters. The maximum Gasteiger partial charge on any atom is 0.271 e. The van der Waals surface area contributed by atoms with Crippen LogP contribution in [0.1, 0.15) is 12.0 Å². The first-order valence-electron chi connectivity index (χ1n) is 5.08. The van der Waals surface area contributed by atoms with Gasteiger partial charge in [-0.15, -0.1) is 0 Å². The third-order valence-electron chi connectivity index (χ3n) is 1.90. The number of thiocarbonyl (C=S) groups is 1. The summed E-state index contributed by atoms with van der Waals surface area (Å²) in [4.78, 5) is 0. The van der Waals surface area contributed by atoms with Crippen molar-refractivity contribution in [2.24, 2.45) is 5.84 Å². The molecule has 1 rings (SSSR count). The zero-order chi connectivity index (χ0) is 11.6. The zero-order valence-electron chi connectivity index (χ0n) is 9.02. The van der Waals surface area contributed by atoms with Crippen molar-refractivity contribution >= 4 is 17.4 Å². The van der Waals surface area contributed by atoms with E-state index in [1.54, 1.807) is 0 Å². The van der Waals surface area contributed by atoms with E-state index in [2.05, 4.69) is 5.43 Å². The Morgan fingerprint density at radius 2 is 2.00 bits per heavy atom. The third kappa shape index (κ3) is 5.65. The molecule has 88 valence electrons. The normalized spacial score (nSPS) is 9.81. The van der Waals surface area contributed by atoms with Crippen LogP contribution in [0.25, 0.3) is 0 Å². The topological polar surface area (TPSA) is 56.5 Å². The fourth-order valence-electron chi connectivity index (χ4n) is 1.13. The molecule has 5 heteroatoms. The molecular weight excluding hydrogens is 224 g/mol. The Hall–Kier alpha value is -1.17. The van der Waals surface area contributed by atoms with Crippen molar-refractivity contribution in [1.29, 1.82) is 0 Å². The van der Waals surface area contributed by atoms with Crippen molar-refractivity contribution in [3.05, 3.63) is 35.9 Å². The molecule has 0 amide bonds. The molecule has 0 fully saturated rings. The number of hydrazine groups is 1. The highest BCUT2D eigenvalue weighted by Gasteiger charge is 1.94. The van der Waals surface area contributed by atoms with Gasteiger partial charge in [0, 0.05) is 6.42 Å². The summed E-state index contributed by atoms with van der Waals surface area (Å²) in [6.07, 6.45) is 0.786. The molecule has 0 radical (unpaired) electrons. The number of hydrogen-bond acceptors (Lipinski definition) is 4. The number of nitrogens with two attached hydrogens (primary N) is 1. The van der Waals surface area contributed by atoms with Gasteiger partial charge in [-0.2, -0.15) is 0 Å². The van der Waals surface area contributed by atoms with Gasteiger partial charge in [0.2, 0.25) is 0 Å². The molecule has 0 atom stereocenters. The first kappa shape index (κ1) is 12.9. The Morgan fingerprint density at radius 1 is 1.25 bits per heavy atom. The van der Waals surface area contributed by atoms with E-state index in [0.29, 0.717) is 19.8 Å². The lowest BCUT2D eigenvalue weighted by molar-refractivity contribution is 0.105. The van der Waals surface area contributed by atoms with Crippen molar-refractivity contribution in [3.8, 4) is 0 Å². The molecule has 0 saturated heterocycles. The molecular formula is C11H16N2O2S. The second-order valence-corrected chi connectivity index (χ2v) is 3.54. The zero-order valence-corrected chi connectivity index (χ0v) is 9.83. The number of benzene rings is 1. The minimum absolute atomic E-state index is 0.211. The molecule has 0 aromatic heterocycles. The average Bonchev–Trinajstić information content (AvgIpc) is 2.34. The SMILES string of the molecule is NNC(=S)OCCCOCc1ccccc1. The third-order valence-corrected chi connectivity index (χ3v) is 2.13. The fraction of sp³-hybridized carbons (Fsp3) is 0.364. The number of ether oxygens (including phenoxy) is 2. The van der Waals surface area contributed by atoms with E-state index in [0.717, 1.165) is 6.42 Å². The Morgan fingerprint density at radius 3 is 2.69 bits per heavy atom. The number of nitrogens with one attached hydrogen (secondary N) is 1. The van der Waals surface area contributed by atoms with Crippen LogP contribution < -0.4 is 11.3 Å². The lowest BCUT2D eigenvalue weighted by atomic mass is 10.2. The minimum Gasteiger partial charge on any atom is -0.470 e. The molecule has 1 aromatic carbocycles. The van der Waals surface area contributed by atoms with Crippen molar-refractivity contribution in [2.45, 2.75) is 13.0 Å². The standard InChI is InChI=1S/C11H16N2O2S/c12-13-11(16)15-8-4-7-14-9-10-5-2-1-3-6-10/h1-3,5-6H,4,7-9,12H2,(H,13,16). The van der Waals surface area contributed by atoms with Crippen LogP contribution in [0, 0.1) is 0 Å². The first-order valence-corrected chi connectivity index (χ1v) is 5.49. The van der Waals surface area contributed by atoms with Gasteiger partial charge in [0.15, 0.2) is 0 Å². The van der Waals surface area contributed by atoms with Gasteiger partial charge < -0.3 is 9.47 Å². The van der Waals surface area contributed by atoms with E-state index in [-0.39, 0.29) is 5.17 Å². The molecule has 0 heterocycles. The van der Waals surface area contributed by atoms with Gasteiger partial charge in [-0.25, -0.2) is 5.84 Å². The maximum atomic E-state index is 5.46. The van der Waals surface area contributed by atoms with Crippen LogP contribution in [0.15, 0.2) is 30.3 Å². The fourth-order valence-corrected chi connectivity index (χ4v) is 1.22. The largest absolute Gasteiger partial charge is 0.470 e. The molecule has 16 heavy (non-hydrogen) atoms. The second-order valence-electron chi connectivity index (χ2n) is 3.17. The lowest BCUT2D eigenvalue weighted by Crippen LogP contribution is -2.30. The molecule has 0 saturated carbocycles. The molecule has 3 N–H and O–H groups in total. The highest BCUT2D eigenvalue weighted by atomic mass is 32.1. The molecule has 4 nitrogen and oxygen atoms in total. The van der Waals surface area contributed by atoms with Crippen LogP contribution in [-0.4, -0.2) is 18.4 Å². The molecule has 0 aliphatic heterocycles. The van der Waals surface area contributed by atoms with Gasteiger partial charge in [-0.1, -0.05) is 30.3 Å². The summed E-state index contributed by atoms with van der Waals surface area (Å²) in [7, 11) is 0. The summed E-state index contributed by atoms with van der Waals surface area (Å²) in [6, 6.07) is 10.0. The smallest absolute Gasteiger partial charge is 0.271 e. The van der Waals surface area contributed by atoms with E-state index in [1.165, 1.54) is 5.56 Å². The van der Waals surface area contributed by atoms with Crippen molar-refractivity contribution in [1.82, 2.24) is 5.43 Å². The van der Waals surface area contributed by atoms with Gasteiger partial charge in [0.05, 0.1) is 19.8 Å². The highest BCUT2D eigenvalue weighted by Crippen LogP contribution is 2.00. The maximum absolute atomic E-state index is 5.46. The van der Waals surface area contributed by atoms with Crippen molar-refractivity contribution < 1.29 is 9.47 Å². The number of rotatable bonds is 6. The van der Waals surface area contributed by atoms with Crippen LogP contribution in [0.5, 0.6) is 0 Å². The van der Waals surface area contributed by atoms with Crippen LogP contribution in [0.2, 0.25) is 0 Å². The minimum atomic E-state index is 0.211.